The van der Waals surface area contributed by atoms with E-state index in [4.69, 9.17) is 11.3 Å². The first-order valence-corrected chi connectivity index (χ1v) is 6.61. The number of carbonyl (C=O) groups is 1. The van der Waals surface area contributed by atoms with Crippen LogP contribution in [0.3, 0.4) is 0 Å². The van der Waals surface area contributed by atoms with Gasteiger partial charge in [0.1, 0.15) is 6.04 Å². The molecule has 0 aliphatic heterocycles. The van der Waals surface area contributed by atoms with E-state index < -0.39 is 11.9 Å². The van der Waals surface area contributed by atoms with Crippen LogP contribution in [0.4, 0.5) is 0 Å². The third-order valence-corrected chi connectivity index (χ3v) is 3.11. The maximum atomic E-state index is 11.7. The van der Waals surface area contributed by atoms with Crippen molar-refractivity contribution >= 4 is 16.8 Å². The maximum Gasteiger partial charge on any atom is 0.239 e. The number of rotatable bonds is 7. The number of nitrogens with two attached hydrogens (primary N) is 1. The second-order valence-electron chi connectivity index (χ2n) is 4.52. The van der Waals surface area contributed by atoms with E-state index in [9.17, 15) is 4.79 Å². The van der Waals surface area contributed by atoms with Gasteiger partial charge in [0.25, 0.3) is 0 Å². The highest BCUT2D eigenvalue weighted by molar-refractivity contribution is 5.89. The molecule has 0 fully saturated rings. The molecule has 21 heavy (non-hydrogen) atoms. The van der Waals surface area contributed by atoms with Gasteiger partial charge >= 0.3 is 0 Å². The number of benzene rings is 1. The number of primary amides is 1. The summed E-state index contributed by atoms with van der Waals surface area (Å²) < 4.78 is 0. The number of nitrogens with one attached hydrogen (secondary N) is 1. The molecule has 3 N–H and O–H groups in total. The summed E-state index contributed by atoms with van der Waals surface area (Å²) >= 11 is 0. The van der Waals surface area contributed by atoms with E-state index in [2.05, 4.69) is 20.3 Å². The standard InChI is InChI=1S/C14H16N6O/c15-14(21)13(18-8-3-9-19-20-16)11-6-1-4-10-5-2-7-17-12(10)11/h1-2,4-7,13,18H,3,8-9H2,(H2,15,21). The molecular weight excluding hydrogens is 268 g/mol. The Morgan fingerprint density at radius 3 is 3.00 bits per heavy atom. The monoisotopic (exact) mass is 284 g/mol. The molecule has 2 aromatic rings. The van der Waals surface area contributed by atoms with Gasteiger partial charge in [-0.15, -0.1) is 0 Å². The van der Waals surface area contributed by atoms with Crippen LogP contribution in [0.2, 0.25) is 0 Å². The second-order valence-corrected chi connectivity index (χ2v) is 4.52. The van der Waals surface area contributed by atoms with Gasteiger partial charge in [0.15, 0.2) is 0 Å². The molecule has 0 saturated heterocycles. The highest BCUT2D eigenvalue weighted by Crippen LogP contribution is 2.22. The van der Waals surface area contributed by atoms with Crippen LogP contribution < -0.4 is 11.1 Å². The van der Waals surface area contributed by atoms with Crippen molar-refractivity contribution in [3.8, 4) is 0 Å². The Morgan fingerprint density at radius 2 is 2.24 bits per heavy atom. The number of fused-ring (bicyclic) bond motifs is 1. The number of amides is 1. The Hall–Kier alpha value is -2.63. The molecule has 1 heterocycles. The molecule has 1 amide bonds. The zero-order valence-corrected chi connectivity index (χ0v) is 11.4. The minimum atomic E-state index is -0.616. The number of pyridine rings is 1. The first-order valence-electron chi connectivity index (χ1n) is 6.61. The molecule has 0 bridgehead atoms. The largest absolute Gasteiger partial charge is 0.368 e. The predicted molar refractivity (Wildman–Crippen MR) is 80.3 cm³/mol. The van der Waals surface area contributed by atoms with E-state index in [1.54, 1.807) is 6.20 Å². The molecular formula is C14H16N6O. The van der Waals surface area contributed by atoms with Crippen molar-refractivity contribution in [2.45, 2.75) is 12.5 Å². The number of para-hydroxylation sites is 1. The number of nitrogens with zero attached hydrogens (tertiary/aromatic N) is 4. The highest BCUT2D eigenvalue weighted by Gasteiger charge is 2.19. The topological polar surface area (TPSA) is 117 Å². The van der Waals surface area contributed by atoms with Gasteiger partial charge in [-0.2, -0.15) is 0 Å². The SMILES string of the molecule is [N-]=[N+]=NCCCNC(C(N)=O)c1cccc2cccnc12. The summed E-state index contributed by atoms with van der Waals surface area (Å²) in [7, 11) is 0. The minimum absolute atomic E-state index is 0.378. The van der Waals surface area contributed by atoms with Crippen molar-refractivity contribution in [3.05, 3.63) is 52.5 Å². The van der Waals surface area contributed by atoms with Gasteiger partial charge < -0.3 is 11.1 Å². The van der Waals surface area contributed by atoms with Crippen LogP contribution >= 0.6 is 0 Å². The van der Waals surface area contributed by atoms with E-state index in [1.165, 1.54) is 0 Å². The normalized spacial score (nSPS) is 11.8. The number of aromatic nitrogens is 1. The van der Waals surface area contributed by atoms with Crippen molar-refractivity contribution in [2.75, 3.05) is 13.1 Å². The van der Waals surface area contributed by atoms with Crippen molar-refractivity contribution in [1.82, 2.24) is 10.3 Å². The van der Waals surface area contributed by atoms with Crippen LogP contribution in [0, 0.1) is 0 Å². The fourth-order valence-electron chi connectivity index (χ4n) is 2.17. The second kappa shape index (κ2) is 7.23. The fourth-order valence-corrected chi connectivity index (χ4v) is 2.17. The lowest BCUT2D eigenvalue weighted by molar-refractivity contribution is -0.120. The van der Waals surface area contributed by atoms with Crippen molar-refractivity contribution in [3.63, 3.8) is 0 Å². The Morgan fingerprint density at radius 1 is 1.43 bits per heavy atom. The van der Waals surface area contributed by atoms with Gasteiger partial charge in [0.2, 0.25) is 5.91 Å². The molecule has 1 unspecified atom stereocenters. The summed E-state index contributed by atoms with van der Waals surface area (Å²) in [5, 5.41) is 7.49. The Bertz CT molecular complexity index is 675. The molecule has 0 aliphatic carbocycles. The summed E-state index contributed by atoms with van der Waals surface area (Å²) in [5.74, 6) is -0.461. The lowest BCUT2D eigenvalue weighted by atomic mass is 10.0. The van der Waals surface area contributed by atoms with Crippen LogP contribution in [0.5, 0.6) is 0 Å². The molecule has 0 aliphatic rings. The van der Waals surface area contributed by atoms with E-state index >= 15 is 0 Å². The van der Waals surface area contributed by atoms with Crippen LogP contribution in [-0.4, -0.2) is 24.0 Å². The molecule has 1 atom stereocenters. The Labute approximate surface area is 121 Å². The molecule has 0 radical (unpaired) electrons. The Balaban J connectivity index is 2.20. The molecule has 0 spiro atoms. The van der Waals surface area contributed by atoms with Gasteiger partial charge in [-0.3, -0.25) is 9.78 Å². The predicted octanol–water partition coefficient (Wildman–Crippen LogP) is 2.05. The summed E-state index contributed by atoms with van der Waals surface area (Å²) in [6.07, 6.45) is 2.32. The first kappa shape index (κ1) is 14.8. The van der Waals surface area contributed by atoms with E-state index in [0.29, 0.717) is 19.5 Å². The van der Waals surface area contributed by atoms with Gasteiger partial charge in [0, 0.05) is 28.6 Å². The first-order chi connectivity index (χ1) is 10.2. The molecule has 7 nitrogen and oxygen atoms in total. The molecule has 1 aromatic carbocycles. The minimum Gasteiger partial charge on any atom is -0.368 e. The molecule has 7 heteroatoms. The summed E-state index contributed by atoms with van der Waals surface area (Å²) in [4.78, 5) is 18.7. The van der Waals surface area contributed by atoms with Gasteiger partial charge in [-0.1, -0.05) is 29.4 Å². The number of carbonyl (C=O) groups excluding carboxylic acids is 1. The van der Waals surface area contributed by atoms with Crippen molar-refractivity contribution in [2.24, 2.45) is 10.8 Å². The van der Waals surface area contributed by atoms with Crippen LogP contribution in [0.25, 0.3) is 21.3 Å². The average molecular weight is 284 g/mol. The fraction of sp³-hybridized carbons (Fsp3) is 0.286. The number of hydrogen-bond acceptors (Lipinski definition) is 4. The van der Waals surface area contributed by atoms with Crippen molar-refractivity contribution < 1.29 is 4.79 Å². The summed E-state index contributed by atoms with van der Waals surface area (Å²) in [6.45, 7) is 0.901. The summed E-state index contributed by atoms with van der Waals surface area (Å²) in [6, 6.07) is 8.81. The zero-order valence-electron chi connectivity index (χ0n) is 11.4. The Kier molecular flexibility index (Phi) is 5.09. The van der Waals surface area contributed by atoms with Gasteiger partial charge in [-0.25, -0.2) is 0 Å². The average Bonchev–Trinajstić information content (AvgIpc) is 2.50. The molecule has 0 saturated carbocycles. The van der Waals surface area contributed by atoms with Crippen LogP contribution in [-0.2, 0) is 4.79 Å². The van der Waals surface area contributed by atoms with Gasteiger partial charge in [-0.05, 0) is 24.6 Å². The summed E-state index contributed by atoms with van der Waals surface area (Å²) in [5.41, 5.74) is 15.2. The van der Waals surface area contributed by atoms with E-state index in [1.807, 2.05) is 30.3 Å². The van der Waals surface area contributed by atoms with Crippen LogP contribution in [0.15, 0.2) is 41.6 Å². The lowest BCUT2D eigenvalue weighted by Crippen LogP contribution is -2.34. The number of hydrogen-bond donors (Lipinski definition) is 2. The highest BCUT2D eigenvalue weighted by atomic mass is 16.1. The number of azide groups is 1. The molecule has 1 aromatic heterocycles. The molecule has 2 rings (SSSR count). The quantitative estimate of drug-likeness (QED) is 0.350. The van der Waals surface area contributed by atoms with Crippen LogP contribution in [0.1, 0.15) is 18.0 Å². The van der Waals surface area contributed by atoms with Crippen molar-refractivity contribution in [1.29, 1.82) is 0 Å². The van der Waals surface area contributed by atoms with E-state index in [0.717, 1.165) is 16.5 Å². The third-order valence-electron chi connectivity index (χ3n) is 3.11. The smallest absolute Gasteiger partial charge is 0.239 e. The third kappa shape index (κ3) is 3.68. The maximum absolute atomic E-state index is 11.7. The van der Waals surface area contributed by atoms with Gasteiger partial charge in [0.05, 0.1) is 5.52 Å². The lowest BCUT2D eigenvalue weighted by Gasteiger charge is -2.17. The van der Waals surface area contributed by atoms with E-state index in [-0.39, 0.29) is 0 Å². The molecule has 108 valence electrons. The zero-order chi connectivity index (χ0) is 15.1.